The van der Waals surface area contributed by atoms with Crippen LogP contribution in [0.5, 0.6) is 5.75 Å². The SMILES string of the molecule is COc1cccc(C(CNC(=O)C(CCSC)NC(=O)c2cccc(C)c2)N(C)C)c1. The van der Waals surface area contributed by atoms with Crippen LogP contribution in [0.3, 0.4) is 0 Å². The molecule has 0 aliphatic heterocycles. The molecule has 2 unspecified atom stereocenters. The summed E-state index contributed by atoms with van der Waals surface area (Å²) in [7, 11) is 5.58. The van der Waals surface area contributed by atoms with Gasteiger partial charge in [0.25, 0.3) is 5.91 Å². The van der Waals surface area contributed by atoms with Gasteiger partial charge in [0.2, 0.25) is 5.91 Å². The van der Waals surface area contributed by atoms with Crippen LogP contribution < -0.4 is 15.4 Å². The zero-order valence-electron chi connectivity index (χ0n) is 19.0. The summed E-state index contributed by atoms with van der Waals surface area (Å²) in [5, 5.41) is 5.94. The normalized spacial score (nSPS) is 12.8. The molecule has 2 rings (SSSR count). The van der Waals surface area contributed by atoms with E-state index >= 15 is 0 Å². The smallest absolute Gasteiger partial charge is 0.251 e. The maximum atomic E-state index is 13.0. The zero-order valence-corrected chi connectivity index (χ0v) is 19.8. The number of rotatable bonds is 11. The Labute approximate surface area is 189 Å². The van der Waals surface area contributed by atoms with Crippen molar-refractivity contribution >= 4 is 23.6 Å². The number of nitrogens with zero attached hydrogens (tertiary/aromatic N) is 1. The lowest BCUT2D eigenvalue weighted by Crippen LogP contribution is -2.48. The van der Waals surface area contributed by atoms with E-state index in [0.717, 1.165) is 22.6 Å². The van der Waals surface area contributed by atoms with Gasteiger partial charge in [0, 0.05) is 12.1 Å². The van der Waals surface area contributed by atoms with Gasteiger partial charge in [0.15, 0.2) is 0 Å². The van der Waals surface area contributed by atoms with Gasteiger partial charge in [0.05, 0.1) is 13.2 Å². The predicted octanol–water partition coefficient (Wildman–Crippen LogP) is 3.27. The number of ether oxygens (including phenoxy) is 1. The average molecular weight is 444 g/mol. The summed E-state index contributed by atoms with van der Waals surface area (Å²) in [6, 6.07) is 14.6. The molecular weight excluding hydrogens is 410 g/mol. The van der Waals surface area contributed by atoms with Crippen molar-refractivity contribution < 1.29 is 14.3 Å². The molecule has 2 amide bonds. The van der Waals surface area contributed by atoms with Crippen molar-refractivity contribution in [1.29, 1.82) is 0 Å². The third-order valence-electron chi connectivity index (χ3n) is 5.08. The van der Waals surface area contributed by atoms with Crippen molar-refractivity contribution in [2.45, 2.75) is 25.4 Å². The summed E-state index contributed by atoms with van der Waals surface area (Å²) in [6.07, 6.45) is 2.55. The van der Waals surface area contributed by atoms with Gasteiger partial charge in [-0.1, -0.05) is 29.8 Å². The van der Waals surface area contributed by atoms with E-state index in [1.807, 2.05) is 69.7 Å². The van der Waals surface area contributed by atoms with Crippen LogP contribution in [-0.4, -0.2) is 62.5 Å². The fourth-order valence-corrected chi connectivity index (χ4v) is 3.77. The lowest BCUT2D eigenvalue weighted by molar-refractivity contribution is -0.123. The molecule has 168 valence electrons. The number of nitrogens with one attached hydrogen (secondary N) is 2. The van der Waals surface area contributed by atoms with Crippen LogP contribution in [0.15, 0.2) is 48.5 Å². The molecule has 0 fully saturated rings. The van der Waals surface area contributed by atoms with Gasteiger partial charge in [0.1, 0.15) is 11.8 Å². The first-order valence-electron chi connectivity index (χ1n) is 10.3. The molecule has 0 aliphatic carbocycles. The maximum absolute atomic E-state index is 13.0. The highest BCUT2D eigenvalue weighted by molar-refractivity contribution is 7.98. The number of carbonyl (C=O) groups is 2. The van der Waals surface area contributed by atoms with Crippen LogP contribution in [0.2, 0.25) is 0 Å². The van der Waals surface area contributed by atoms with E-state index in [1.165, 1.54) is 0 Å². The fourth-order valence-electron chi connectivity index (χ4n) is 3.30. The Kier molecular flexibility index (Phi) is 9.88. The van der Waals surface area contributed by atoms with Crippen LogP contribution in [0.4, 0.5) is 0 Å². The molecule has 2 N–H and O–H groups in total. The molecule has 0 spiro atoms. The molecule has 0 aliphatic rings. The van der Waals surface area contributed by atoms with E-state index in [0.29, 0.717) is 18.5 Å². The van der Waals surface area contributed by atoms with Crippen molar-refractivity contribution in [3.8, 4) is 5.75 Å². The first-order chi connectivity index (χ1) is 14.8. The summed E-state index contributed by atoms with van der Waals surface area (Å²) in [6.45, 7) is 2.36. The van der Waals surface area contributed by atoms with Crippen LogP contribution in [-0.2, 0) is 4.79 Å². The number of carbonyl (C=O) groups excluding carboxylic acids is 2. The van der Waals surface area contributed by atoms with Gasteiger partial charge in [-0.2, -0.15) is 11.8 Å². The highest BCUT2D eigenvalue weighted by Crippen LogP contribution is 2.22. The Hall–Kier alpha value is -2.51. The third kappa shape index (κ3) is 7.60. The number of aryl methyl sites for hydroxylation is 1. The number of thioether (sulfide) groups is 1. The lowest BCUT2D eigenvalue weighted by Gasteiger charge is -2.27. The minimum Gasteiger partial charge on any atom is -0.497 e. The molecule has 7 heteroatoms. The Morgan fingerprint density at radius 1 is 1.13 bits per heavy atom. The number of hydrogen-bond donors (Lipinski definition) is 2. The van der Waals surface area contributed by atoms with Gasteiger partial charge >= 0.3 is 0 Å². The number of likely N-dealkylation sites (N-methyl/N-ethyl adjacent to an activating group) is 1. The Balaban J connectivity index is 2.08. The average Bonchev–Trinajstić information content (AvgIpc) is 2.76. The molecule has 6 nitrogen and oxygen atoms in total. The minimum absolute atomic E-state index is 0.0206. The van der Waals surface area contributed by atoms with E-state index in [4.69, 9.17) is 4.74 Å². The van der Waals surface area contributed by atoms with Crippen molar-refractivity contribution in [3.63, 3.8) is 0 Å². The molecule has 0 saturated carbocycles. The first kappa shape index (κ1) is 24.8. The summed E-state index contributed by atoms with van der Waals surface area (Å²) >= 11 is 1.65. The molecule has 2 atom stereocenters. The Morgan fingerprint density at radius 3 is 2.52 bits per heavy atom. The number of methoxy groups -OCH3 is 1. The highest BCUT2D eigenvalue weighted by Gasteiger charge is 2.23. The number of hydrogen-bond acceptors (Lipinski definition) is 5. The summed E-state index contributed by atoms with van der Waals surface area (Å²) in [5.41, 5.74) is 2.61. The van der Waals surface area contributed by atoms with Gasteiger partial charge in [-0.25, -0.2) is 0 Å². The third-order valence-corrected chi connectivity index (χ3v) is 5.73. The van der Waals surface area contributed by atoms with Crippen molar-refractivity contribution in [2.75, 3.05) is 39.8 Å². The van der Waals surface area contributed by atoms with Crippen LogP contribution in [0, 0.1) is 6.92 Å². The largest absolute Gasteiger partial charge is 0.497 e. The van der Waals surface area contributed by atoms with E-state index in [9.17, 15) is 9.59 Å². The summed E-state index contributed by atoms with van der Waals surface area (Å²) < 4.78 is 5.33. The highest BCUT2D eigenvalue weighted by atomic mass is 32.2. The van der Waals surface area contributed by atoms with E-state index < -0.39 is 6.04 Å². The molecule has 2 aromatic rings. The van der Waals surface area contributed by atoms with Crippen molar-refractivity contribution in [1.82, 2.24) is 15.5 Å². The Morgan fingerprint density at radius 2 is 1.87 bits per heavy atom. The fraction of sp³-hybridized carbons (Fsp3) is 0.417. The monoisotopic (exact) mass is 443 g/mol. The van der Waals surface area contributed by atoms with Gasteiger partial charge in [-0.05, 0) is 69.3 Å². The predicted molar refractivity (Wildman–Crippen MR) is 128 cm³/mol. The van der Waals surface area contributed by atoms with Gasteiger partial charge in [-0.3, -0.25) is 9.59 Å². The molecule has 0 heterocycles. The van der Waals surface area contributed by atoms with Gasteiger partial charge in [-0.15, -0.1) is 0 Å². The first-order valence-corrected chi connectivity index (χ1v) is 11.7. The number of amides is 2. The molecule has 0 saturated heterocycles. The second-order valence-electron chi connectivity index (χ2n) is 7.68. The molecule has 0 aromatic heterocycles. The van der Waals surface area contributed by atoms with E-state index in [1.54, 1.807) is 24.9 Å². The summed E-state index contributed by atoms with van der Waals surface area (Å²) in [4.78, 5) is 27.7. The quantitative estimate of drug-likeness (QED) is 0.558. The van der Waals surface area contributed by atoms with E-state index in [2.05, 4.69) is 15.5 Å². The second-order valence-corrected chi connectivity index (χ2v) is 8.66. The van der Waals surface area contributed by atoms with Gasteiger partial charge < -0.3 is 20.3 Å². The molecule has 0 radical (unpaired) electrons. The number of benzene rings is 2. The molecule has 0 bridgehead atoms. The van der Waals surface area contributed by atoms with E-state index in [-0.39, 0.29) is 17.9 Å². The topological polar surface area (TPSA) is 70.7 Å². The van der Waals surface area contributed by atoms with Crippen molar-refractivity contribution in [2.24, 2.45) is 0 Å². The standard InChI is InChI=1S/C24H33N3O3S/c1-17-8-6-10-19(14-17)23(28)26-21(12-13-31-5)24(29)25-16-22(27(2)3)18-9-7-11-20(15-18)30-4/h6-11,14-15,21-22H,12-13,16H2,1-5H3,(H,25,29)(H,26,28). The lowest BCUT2D eigenvalue weighted by atomic mass is 10.1. The molecule has 31 heavy (non-hydrogen) atoms. The van der Waals surface area contributed by atoms with Crippen LogP contribution in [0.1, 0.15) is 33.9 Å². The molecular formula is C24H33N3O3S. The Bertz CT molecular complexity index is 873. The van der Waals surface area contributed by atoms with Crippen LogP contribution in [0.25, 0.3) is 0 Å². The zero-order chi connectivity index (χ0) is 22.8. The van der Waals surface area contributed by atoms with Crippen LogP contribution >= 0.6 is 11.8 Å². The minimum atomic E-state index is -0.589. The van der Waals surface area contributed by atoms with Crippen molar-refractivity contribution in [3.05, 3.63) is 65.2 Å². The maximum Gasteiger partial charge on any atom is 0.251 e. The molecule has 2 aromatic carbocycles. The second kappa shape index (κ2) is 12.4. The summed E-state index contributed by atoms with van der Waals surface area (Å²) in [5.74, 6) is 1.14.